The Labute approximate surface area is 181 Å². The molecule has 3 aromatic heterocycles. The summed E-state index contributed by atoms with van der Waals surface area (Å²) >= 11 is 3.36. The summed E-state index contributed by atoms with van der Waals surface area (Å²) in [6, 6.07) is 9.37. The maximum absolute atomic E-state index is 12.9. The van der Waals surface area contributed by atoms with Crippen LogP contribution in [-0.2, 0) is 25.1 Å². The Morgan fingerprint density at radius 1 is 1.20 bits per heavy atom. The van der Waals surface area contributed by atoms with Gasteiger partial charge in [0, 0.05) is 10.3 Å². The number of nitrogens with zero attached hydrogens (tertiary/aromatic N) is 5. The fraction of sp³-hybridized carbons (Fsp3) is 0.318. The van der Waals surface area contributed by atoms with Gasteiger partial charge in [0.25, 0.3) is 5.56 Å². The topological polar surface area (TPSA) is 84.5 Å². The summed E-state index contributed by atoms with van der Waals surface area (Å²) in [5.41, 5.74) is 1.88. The molecule has 150 valence electrons. The van der Waals surface area contributed by atoms with Crippen molar-refractivity contribution < 1.29 is 0 Å². The van der Waals surface area contributed by atoms with E-state index in [1.807, 2.05) is 25.1 Å². The van der Waals surface area contributed by atoms with E-state index in [1.165, 1.54) is 33.2 Å². The largest absolute Gasteiger partial charge is 0.281 e. The maximum Gasteiger partial charge on any atom is 0.262 e. The number of thioether (sulfide) groups is 1. The first-order chi connectivity index (χ1) is 14.7. The van der Waals surface area contributed by atoms with Crippen LogP contribution in [-0.4, -0.2) is 19.5 Å². The molecule has 30 heavy (non-hydrogen) atoms. The number of fused-ring (bicyclic) bond motifs is 4. The molecule has 0 amide bonds. The molecule has 3 heterocycles. The number of hydrogen-bond donors (Lipinski definition) is 0. The van der Waals surface area contributed by atoms with E-state index in [-0.39, 0.29) is 12.1 Å². The quantitative estimate of drug-likeness (QED) is 0.350. The Morgan fingerprint density at radius 2 is 2.03 bits per heavy atom. The van der Waals surface area contributed by atoms with E-state index in [9.17, 15) is 10.1 Å². The smallest absolute Gasteiger partial charge is 0.262 e. The second-order valence-electron chi connectivity index (χ2n) is 7.35. The van der Waals surface area contributed by atoms with Gasteiger partial charge in [-0.3, -0.25) is 9.36 Å². The first-order valence-corrected chi connectivity index (χ1v) is 11.7. The number of benzene rings is 1. The molecule has 0 N–H and O–H groups in total. The molecular weight excluding hydrogens is 414 g/mol. The molecule has 0 saturated carbocycles. The second kappa shape index (κ2) is 7.82. The van der Waals surface area contributed by atoms with E-state index in [0.29, 0.717) is 22.5 Å². The summed E-state index contributed by atoms with van der Waals surface area (Å²) in [7, 11) is 0. The molecule has 1 aliphatic carbocycles. The Hall–Kier alpha value is -2.76. The lowest BCUT2D eigenvalue weighted by Gasteiger charge is -2.13. The van der Waals surface area contributed by atoms with E-state index in [4.69, 9.17) is 9.97 Å². The third kappa shape index (κ3) is 3.28. The molecule has 0 fully saturated rings. The van der Waals surface area contributed by atoms with Crippen LogP contribution in [0.15, 0.2) is 34.1 Å². The summed E-state index contributed by atoms with van der Waals surface area (Å²) in [5, 5.41) is 11.9. The zero-order valence-electron chi connectivity index (χ0n) is 16.5. The number of hydrogen-bond acceptors (Lipinski definition) is 7. The highest BCUT2D eigenvalue weighted by atomic mass is 32.2. The molecule has 6 nitrogen and oxygen atoms in total. The third-order valence-electron chi connectivity index (χ3n) is 5.40. The normalized spacial score (nSPS) is 13.5. The highest BCUT2D eigenvalue weighted by molar-refractivity contribution is 7.98. The van der Waals surface area contributed by atoms with Gasteiger partial charge in [-0.25, -0.2) is 15.0 Å². The molecule has 0 saturated heterocycles. The van der Waals surface area contributed by atoms with Gasteiger partial charge >= 0.3 is 0 Å². The van der Waals surface area contributed by atoms with Crippen LogP contribution in [0, 0.1) is 18.3 Å². The number of aryl methyl sites for hydroxylation is 3. The lowest BCUT2D eigenvalue weighted by atomic mass is 9.97. The lowest BCUT2D eigenvalue weighted by molar-refractivity contribution is 0.699. The summed E-state index contributed by atoms with van der Waals surface area (Å²) in [6.45, 7) is 1.90. The van der Waals surface area contributed by atoms with Crippen molar-refractivity contribution in [3.05, 3.63) is 56.7 Å². The van der Waals surface area contributed by atoms with E-state index < -0.39 is 0 Å². The summed E-state index contributed by atoms with van der Waals surface area (Å²) in [4.78, 5) is 29.5. The molecular formula is C22H19N5OS2. The molecule has 0 spiro atoms. The number of thiophene rings is 1. The van der Waals surface area contributed by atoms with Crippen LogP contribution in [0.2, 0.25) is 0 Å². The molecule has 1 aliphatic rings. The van der Waals surface area contributed by atoms with Crippen LogP contribution in [0.25, 0.3) is 21.1 Å². The van der Waals surface area contributed by atoms with Crippen molar-refractivity contribution in [3.63, 3.8) is 0 Å². The number of aromatic nitrogens is 4. The molecule has 0 aliphatic heterocycles. The van der Waals surface area contributed by atoms with E-state index in [0.717, 1.165) is 28.5 Å². The fourth-order valence-corrected chi connectivity index (χ4v) is 6.44. The van der Waals surface area contributed by atoms with Gasteiger partial charge in [0.1, 0.15) is 28.0 Å². The minimum atomic E-state index is -0.172. The Balaban J connectivity index is 1.58. The molecule has 5 rings (SSSR count). The predicted octanol–water partition coefficient (Wildman–Crippen LogP) is 4.40. The van der Waals surface area contributed by atoms with Crippen LogP contribution in [0.4, 0.5) is 0 Å². The predicted molar refractivity (Wildman–Crippen MR) is 120 cm³/mol. The number of para-hydroxylation sites is 1. The standard InChI is InChI=1S/C22H19N5OS2/c1-13-24-20(19-15-7-3-5-9-17(15)30-21(19)25-13)29-12-18-26-16-8-4-2-6-14(16)22(28)27(18)11-10-23/h2,4,6,8H,3,5,7,9,11-12H2,1H3. The Kier molecular flexibility index (Phi) is 5.01. The summed E-state index contributed by atoms with van der Waals surface area (Å²) in [5.74, 6) is 1.82. The Morgan fingerprint density at radius 3 is 2.90 bits per heavy atom. The van der Waals surface area contributed by atoms with Crippen molar-refractivity contribution in [3.8, 4) is 6.07 Å². The van der Waals surface area contributed by atoms with Crippen LogP contribution >= 0.6 is 23.1 Å². The monoisotopic (exact) mass is 433 g/mol. The van der Waals surface area contributed by atoms with Gasteiger partial charge in [-0.1, -0.05) is 23.9 Å². The van der Waals surface area contributed by atoms with Crippen LogP contribution in [0.3, 0.4) is 0 Å². The van der Waals surface area contributed by atoms with Crippen LogP contribution in [0.1, 0.15) is 34.9 Å². The zero-order valence-corrected chi connectivity index (χ0v) is 18.1. The average molecular weight is 434 g/mol. The van der Waals surface area contributed by atoms with Gasteiger partial charge in [0.05, 0.1) is 22.7 Å². The van der Waals surface area contributed by atoms with Gasteiger partial charge in [0.15, 0.2) is 0 Å². The number of nitriles is 1. The van der Waals surface area contributed by atoms with Gasteiger partial charge in [0.2, 0.25) is 0 Å². The molecule has 0 radical (unpaired) electrons. The van der Waals surface area contributed by atoms with E-state index >= 15 is 0 Å². The number of rotatable bonds is 4. The van der Waals surface area contributed by atoms with Crippen molar-refractivity contribution in [1.82, 2.24) is 19.5 Å². The van der Waals surface area contributed by atoms with Crippen molar-refractivity contribution in [2.24, 2.45) is 0 Å². The SMILES string of the molecule is Cc1nc(SCc2nc3ccccc3c(=O)n2CC#N)c2c3c(sc2n1)CCCC3. The van der Waals surface area contributed by atoms with E-state index in [2.05, 4.69) is 11.1 Å². The molecule has 4 aromatic rings. The van der Waals surface area contributed by atoms with Gasteiger partial charge in [-0.05, 0) is 50.3 Å². The minimum Gasteiger partial charge on any atom is -0.281 e. The summed E-state index contributed by atoms with van der Waals surface area (Å²) < 4.78 is 1.48. The average Bonchev–Trinajstić information content (AvgIpc) is 3.12. The summed E-state index contributed by atoms with van der Waals surface area (Å²) in [6.07, 6.45) is 4.62. The molecule has 0 bridgehead atoms. The second-order valence-corrected chi connectivity index (χ2v) is 9.40. The molecule has 0 unspecified atom stereocenters. The highest BCUT2D eigenvalue weighted by Crippen LogP contribution is 2.40. The minimum absolute atomic E-state index is 0.0153. The van der Waals surface area contributed by atoms with Crippen molar-refractivity contribution in [2.75, 3.05) is 0 Å². The lowest BCUT2D eigenvalue weighted by Crippen LogP contribution is -2.24. The molecule has 1 aromatic carbocycles. The van der Waals surface area contributed by atoms with Crippen LogP contribution < -0.4 is 5.56 Å². The fourth-order valence-electron chi connectivity index (χ4n) is 4.02. The van der Waals surface area contributed by atoms with Crippen molar-refractivity contribution >= 4 is 44.2 Å². The maximum atomic E-state index is 12.9. The van der Waals surface area contributed by atoms with Gasteiger partial charge < -0.3 is 0 Å². The molecule has 8 heteroatoms. The van der Waals surface area contributed by atoms with Crippen molar-refractivity contribution in [1.29, 1.82) is 5.26 Å². The van der Waals surface area contributed by atoms with Crippen molar-refractivity contribution in [2.45, 2.75) is 49.9 Å². The van der Waals surface area contributed by atoms with E-state index in [1.54, 1.807) is 29.2 Å². The van der Waals surface area contributed by atoms with Gasteiger partial charge in [-0.15, -0.1) is 11.3 Å². The van der Waals surface area contributed by atoms with Gasteiger partial charge in [-0.2, -0.15) is 5.26 Å². The highest BCUT2D eigenvalue weighted by Gasteiger charge is 2.21. The zero-order chi connectivity index (χ0) is 20.7. The van der Waals surface area contributed by atoms with Crippen LogP contribution in [0.5, 0.6) is 0 Å². The first-order valence-electron chi connectivity index (χ1n) is 9.93. The Bertz CT molecular complexity index is 1380. The molecule has 0 atom stereocenters. The first kappa shape index (κ1) is 19.2. The third-order valence-corrected chi connectivity index (χ3v) is 7.56.